The summed E-state index contributed by atoms with van der Waals surface area (Å²) in [5, 5.41) is 0. The zero-order valence-electron chi connectivity index (χ0n) is 1.43. The molecular formula is H6BMoNiP. The predicted molar refractivity (Wildman–Crippen MR) is 21.0 cm³/mol. The van der Waals surface area contributed by atoms with E-state index in [1.54, 1.807) is 0 Å². The smallest absolute Gasteiger partial charge is 0.0814 e. The molecule has 0 amide bonds. The van der Waals surface area contributed by atoms with Gasteiger partial charge >= 0.3 is 0 Å². The average molecular weight is 202 g/mol. The van der Waals surface area contributed by atoms with Gasteiger partial charge in [0.1, 0.15) is 0 Å². The predicted octanol–water partition coefficient (Wildman–Crippen LogP) is -1.13. The van der Waals surface area contributed by atoms with Crippen LogP contribution in [0.4, 0.5) is 0 Å². The SMILES string of the molecule is B.P.[Mo].[Ni]. The maximum Gasteiger partial charge on any atom is 0.0814 e. The van der Waals surface area contributed by atoms with Crippen molar-refractivity contribution < 1.29 is 37.6 Å². The molecule has 0 spiro atoms. The first kappa shape index (κ1) is 44.2. The van der Waals surface area contributed by atoms with Crippen LogP contribution in [0.2, 0.25) is 0 Å². The zero-order valence-corrected chi connectivity index (χ0v) is 5.84. The van der Waals surface area contributed by atoms with E-state index in [-0.39, 0.29) is 55.9 Å². The quantitative estimate of drug-likeness (QED) is 0.344. The van der Waals surface area contributed by atoms with E-state index in [1.165, 1.54) is 0 Å². The van der Waals surface area contributed by atoms with Crippen LogP contribution >= 0.6 is 9.90 Å². The number of rotatable bonds is 0. The van der Waals surface area contributed by atoms with E-state index in [0.29, 0.717) is 0 Å². The zero-order chi connectivity index (χ0) is 0. The number of hydrogen-bond donors (Lipinski definition) is 0. The van der Waals surface area contributed by atoms with E-state index in [2.05, 4.69) is 0 Å². The molecule has 1 unspecified atom stereocenters. The Balaban J connectivity index is 0. The van der Waals surface area contributed by atoms with Crippen LogP contribution in [0.25, 0.3) is 0 Å². The Labute approximate surface area is 55.9 Å². The molecule has 0 aromatic heterocycles. The Morgan fingerprint density at radius 2 is 1.00 bits per heavy atom. The Bertz CT molecular complexity index is 8.00. The fraction of sp³-hybridized carbons (Fsp3) is 0. The molecule has 0 N–H and O–H groups in total. The molecule has 1 atom stereocenters. The molecule has 0 radical (unpaired) electrons. The molecule has 4 heteroatoms. The van der Waals surface area contributed by atoms with Gasteiger partial charge in [-0.1, -0.05) is 0 Å². The van der Waals surface area contributed by atoms with E-state index < -0.39 is 0 Å². The number of hydrogen-bond acceptors (Lipinski definition) is 0. The van der Waals surface area contributed by atoms with Gasteiger partial charge in [-0.15, -0.1) is 0 Å². The minimum Gasteiger partial charge on any atom is -0.153 e. The summed E-state index contributed by atoms with van der Waals surface area (Å²) < 4.78 is 0. The van der Waals surface area contributed by atoms with Gasteiger partial charge in [-0.2, -0.15) is 9.90 Å². The molecule has 0 rings (SSSR count). The van der Waals surface area contributed by atoms with Gasteiger partial charge in [0, 0.05) is 37.6 Å². The van der Waals surface area contributed by atoms with E-state index in [0.717, 1.165) is 0 Å². The molecule has 0 aliphatic rings. The Kier molecular flexibility index (Phi) is 248. The van der Waals surface area contributed by atoms with Crippen molar-refractivity contribution in [3.05, 3.63) is 0 Å². The topological polar surface area (TPSA) is 0 Å². The Hall–Kier alpha value is 1.68. The van der Waals surface area contributed by atoms with Gasteiger partial charge in [0.05, 0.1) is 8.41 Å². The van der Waals surface area contributed by atoms with Crippen LogP contribution in [0, 0.1) is 0 Å². The third-order valence-electron chi connectivity index (χ3n) is 0. The van der Waals surface area contributed by atoms with E-state index >= 15 is 0 Å². The summed E-state index contributed by atoms with van der Waals surface area (Å²) in [5.41, 5.74) is 0. The minimum absolute atomic E-state index is 0. The van der Waals surface area contributed by atoms with Crippen LogP contribution in [0.5, 0.6) is 0 Å². The van der Waals surface area contributed by atoms with Crippen LogP contribution in [-0.2, 0) is 37.6 Å². The fourth-order valence-corrected chi connectivity index (χ4v) is 0. The molecular weight excluding hydrogens is 196 g/mol. The summed E-state index contributed by atoms with van der Waals surface area (Å²) in [6, 6.07) is 0. The summed E-state index contributed by atoms with van der Waals surface area (Å²) >= 11 is 0. The van der Waals surface area contributed by atoms with Crippen molar-refractivity contribution in [1.82, 2.24) is 0 Å². The van der Waals surface area contributed by atoms with Gasteiger partial charge in [0.2, 0.25) is 0 Å². The van der Waals surface area contributed by atoms with Crippen molar-refractivity contribution in [1.29, 1.82) is 0 Å². The molecule has 0 saturated carbocycles. The van der Waals surface area contributed by atoms with Gasteiger partial charge in [0.15, 0.2) is 0 Å². The van der Waals surface area contributed by atoms with Crippen LogP contribution in [0.3, 0.4) is 0 Å². The second kappa shape index (κ2) is 22.5. The molecule has 0 aromatic carbocycles. The van der Waals surface area contributed by atoms with Gasteiger partial charge < -0.3 is 0 Å². The van der Waals surface area contributed by atoms with Crippen molar-refractivity contribution in [2.75, 3.05) is 0 Å². The summed E-state index contributed by atoms with van der Waals surface area (Å²) in [6.45, 7) is 0. The molecule has 0 fully saturated rings. The molecule has 0 saturated heterocycles. The average Bonchev–Trinajstić information content (AvgIpc) is 0. The Morgan fingerprint density at radius 1 is 1.00 bits per heavy atom. The van der Waals surface area contributed by atoms with Crippen molar-refractivity contribution in [3.8, 4) is 0 Å². The van der Waals surface area contributed by atoms with Crippen molar-refractivity contribution in [3.63, 3.8) is 0 Å². The minimum atomic E-state index is 0. The van der Waals surface area contributed by atoms with E-state index in [1.807, 2.05) is 0 Å². The first-order valence-corrected chi connectivity index (χ1v) is 0. The summed E-state index contributed by atoms with van der Waals surface area (Å²) in [4.78, 5) is 0. The maximum absolute atomic E-state index is 0. The molecule has 0 aliphatic heterocycles. The fourth-order valence-electron chi connectivity index (χ4n) is 0. The van der Waals surface area contributed by atoms with Crippen LogP contribution in [-0.4, -0.2) is 8.41 Å². The van der Waals surface area contributed by atoms with Crippen LogP contribution in [0.15, 0.2) is 0 Å². The van der Waals surface area contributed by atoms with Crippen LogP contribution in [0.1, 0.15) is 0 Å². The normalized spacial score (nSPS) is 0. The second-order valence-corrected chi connectivity index (χ2v) is 0. The standard InChI is InChI=1S/BH3.Mo.Ni.H3P/h1H3;;;1H3. The van der Waals surface area contributed by atoms with Crippen LogP contribution < -0.4 is 0 Å². The van der Waals surface area contributed by atoms with Crippen molar-refractivity contribution in [2.24, 2.45) is 0 Å². The van der Waals surface area contributed by atoms with Crippen molar-refractivity contribution in [2.45, 2.75) is 0 Å². The molecule has 0 aromatic rings. The maximum atomic E-state index is 0. The first-order chi connectivity index (χ1) is 0. The monoisotopic (exact) mass is 204 g/mol. The second-order valence-electron chi connectivity index (χ2n) is 0. The molecule has 0 heterocycles. The Morgan fingerprint density at radius 3 is 1.00 bits per heavy atom. The first-order valence-electron chi connectivity index (χ1n) is 0. The molecule has 0 bridgehead atoms. The summed E-state index contributed by atoms with van der Waals surface area (Å²) in [6.07, 6.45) is 0. The third kappa shape index (κ3) is 9.37. The van der Waals surface area contributed by atoms with Gasteiger partial charge in [-0.05, 0) is 0 Å². The molecule has 4 heavy (non-hydrogen) atoms. The van der Waals surface area contributed by atoms with E-state index in [9.17, 15) is 0 Å². The third-order valence-corrected chi connectivity index (χ3v) is 0. The van der Waals surface area contributed by atoms with Gasteiger partial charge in [-0.25, -0.2) is 0 Å². The summed E-state index contributed by atoms with van der Waals surface area (Å²) in [5.74, 6) is 0. The largest absolute Gasteiger partial charge is 0.153 e. The molecule has 0 nitrogen and oxygen atoms in total. The van der Waals surface area contributed by atoms with Gasteiger partial charge in [-0.3, -0.25) is 0 Å². The van der Waals surface area contributed by atoms with Crippen molar-refractivity contribution >= 4 is 18.3 Å². The molecule has 0 aliphatic carbocycles. The van der Waals surface area contributed by atoms with E-state index in [4.69, 9.17) is 0 Å². The summed E-state index contributed by atoms with van der Waals surface area (Å²) in [7, 11) is 0. The van der Waals surface area contributed by atoms with Gasteiger partial charge in [0.25, 0.3) is 0 Å². The molecule has 30 valence electrons.